The van der Waals surface area contributed by atoms with Crippen LogP contribution in [-0.2, 0) is 11.3 Å². The molecule has 35 heavy (non-hydrogen) atoms. The first-order valence-electron chi connectivity index (χ1n) is 11.4. The van der Waals surface area contributed by atoms with Crippen LogP contribution in [0.25, 0.3) is 0 Å². The van der Waals surface area contributed by atoms with Crippen molar-refractivity contribution in [2.24, 2.45) is 0 Å². The molecule has 0 spiro atoms. The van der Waals surface area contributed by atoms with Crippen molar-refractivity contribution < 1.29 is 23.8 Å². The molecule has 1 unspecified atom stereocenters. The van der Waals surface area contributed by atoms with Gasteiger partial charge in [0.2, 0.25) is 11.7 Å². The number of nitrogens with one attached hydrogen (secondary N) is 1. The molecule has 4 rings (SSSR count). The number of nitrogens with zero attached hydrogens (tertiary/aromatic N) is 1. The molecule has 1 heterocycles. The van der Waals surface area contributed by atoms with Crippen molar-refractivity contribution in [2.45, 2.75) is 32.9 Å². The molecule has 3 aromatic rings. The SMILES string of the molecule is COc1cc(C(CC(=O)Nc2cc(C)cc(C)c2)N2Cc3ccccc3C2=O)cc(OC)c1OC. The number of carbonyl (C=O) groups excluding carboxylic acids is 2. The van der Waals surface area contributed by atoms with Gasteiger partial charge in [0.1, 0.15) is 0 Å². The molecule has 7 nitrogen and oxygen atoms in total. The summed E-state index contributed by atoms with van der Waals surface area (Å²) >= 11 is 0. The quantitative estimate of drug-likeness (QED) is 0.494. The van der Waals surface area contributed by atoms with E-state index in [4.69, 9.17) is 14.2 Å². The summed E-state index contributed by atoms with van der Waals surface area (Å²) in [4.78, 5) is 28.4. The number of rotatable bonds is 8. The first-order valence-corrected chi connectivity index (χ1v) is 11.4. The average Bonchev–Trinajstić information content (AvgIpc) is 3.17. The number of anilines is 1. The van der Waals surface area contributed by atoms with Crippen LogP contribution in [0.15, 0.2) is 54.6 Å². The van der Waals surface area contributed by atoms with Crippen LogP contribution < -0.4 is 19.5 Å². The van der Waals surface area contributed by atoms with E-state index in [1.165, 1.54) is 7.11 Å². The first-order chi connectivity index (χ1) is 16.8. The molecule has 0 radical (unpaired) electrons. The van der Waals surface area contributed by atoms with Crippen LogP contribution in [-0.4, -0.2) is 38.0 Å². The lowest BCUT2D eigenvalue weighted by Gasteiger charge is -2.29. The van der Waals surface area contributed by atoms with Gasteiger partial charge in [0.05, 0.1) is 33.8 Å². The van der Waals surface area contributed by atoms with E-state index in [-0.39, 0.29) is 18.2 Å². The molecule has 0 saturated carbocycles. The van der Waals surface area contributed by atoms with E-state index < -0.39 is 6.04 Å². The topological polar surface area (TPSA) is 77.1 Å². The van der Waals surface area contributed by atoms with E-state index in [2.05, 4.69) is 11.4 Å². The van der Waals surface area contributed by atoms with Crippen molar-refractivity contribution in [3.05, 3.63) is 82.4 Å². The van der Waals surface area contributed by atoms with Crippen molar-refractivity contribution in [3.63, 3.8) is 0 Å². The molecule has 1 atom stereocenters. The zero-order valence-corrected chi connectivity index (χ0v) is 20.7. The van der Waals surface area contributed by atoms with Gasteiger partial charge >= 0.3 is 0 Å². The highest BCUT2D eigenvalue weighted by Crippen LogP contribution is 2.43. The largest absolute Gasteiger partial charge is 0.493 e. The maximum Gasteiger partial charge on any atom is 0.255 e. The van der Waals surface area contributed by atoms with Crippen molar-refractivity contribution >= 4 is 17.5 Å². The minimum absolute atomic E-state index is 0.0609. The zero-order valence-electron chi connectivity index (χ0n) is 20.7. The van der Waals surface area contributed by atoms with E-state index in [0.29, 0.717) is 29.4 Å². The van der Waals surface area contributed by atoms with Crippen LogP contribution in [0.2, 0.25) is 0 Å². The van der Waals surface area contributed by atoms with Crippen molar-refractivity contribution in [2.75, 3.05) is 26.6 Å². The number of fused-ring (bicyclic) bond motifs is 1. The highest BCUT2D eigenvalue weighted by Gasteiger charge is 2.35. The lowest BCUT2D eigenvalue weighted by molar-refractivity contribution is -0.117. The molecular weight excluding hydrogens is 444 g/mol. The van der Waals surface area contributed by atoms with Crippen molar-refractivity contribution in [1.29, 1.82) is 0 Å². The minimum atomic E-state index is -0.547. The van der Waals surface area contributed by atoms with Gasteiger partial charge in [-0.2, -0.15) is 0 Å². The minimum Gasteiger partial charge on any atom is -0.493 e. The fourth-order valence-electron chi connectivity index (χ4n) is 4.66. The molecule has 0 aliphatic carbocycles. The second-order valence-corrected chi connectivity index (χ2v) is 8.69. The third-order valence-corrected chi connectivity index (χ3v) is 6.18. The van der Waals surface area contributed by atoms with E-state index in [9.17, 15) is 9.59 Å². The number of carbonyl (C=O) groups is 2. The lowest BCUT2D eigenvalue weighted by Crippen LogP contribution is -2.32. The standard InChI is InChI=1S/C28H30N2O5/c1-17-10-18(2)12-21(11-17)29-26(31)15-23(30-16-19-8-6-7-9-22(19)28(30)32)20-13-24(33-3)27(35-5)25(14-20)34-4/h6-14,23H,15-16H2,1-5H3,(H,29,31). The molecule has 1 N–H and O–H groups in total. The highest BCUT2D eigenvalue weighted by atomic mass is 16.5. The number of hydrogen-bond donors (Lipinski definition) is 1. The molecule has 0 bridgehead atoms. The van der Waals surface area contributed by atoms with E-state index in [1.807, 2.05) is 50.2 Å². The number of aryl methyl sites for hydroxylation is 2. The van der Waals surface area contributed by atoms with Crippen LogP contribution in [0.4, 0.5) is 5.69 Å². The summed E-state index contributed by atoms with van der Waals surface area (Å²) in [6.07, 6.45) is 0.0609. The Morgan fingerprint density at radius 3 is 2.14 bits per heavy atom. The summed E-state index contributed by atoms with van der Waals surface area (Å²) in [6.45, 7) is 4.39. The summed E-state index contributed by atoms with van der Waals surface area (Å²) in [6, 6.07) is 16.5. The Morgan fingerprint density at radius 1 is 0.943 bits per heavy atom. The Kier molecular flexibility index (Phi) is 6.96. The van der Waals surface area contributed by atoms with Crippen molar-refractivity contribution in [1.82, 2.24) is 4.90 Å². The summed E-state index contributed by atoms with van der Waals surface area (Å²) < 4.78 is 16.5. The average molecular weight is 475 g/mol. The molecule has 0 aromatic heterocycles. The van der Waals surface area contributed by atoms with E-state index in [0.717, 1.165) is 27.9 Å². The molecule has 182 valence electrons. The van der Waals surface area contributed by atoms with Crippen molar-refractivity contribution in [3.8, 4) is 17.2 Å². The molecule has 0 saturated heterocycles. The van der Waals surface area contributed by atoms with Crippen LogP contribution in [0, 0.1) is 13.8 Å². The molecule has 7 heteroatoms. The maximum absolute atomic E-state index is 13.4. The number of ether oxygens (including phenoxy) is 3. The van der Waals surface area contributed by atoms with Crippen LogP contribution in [0.3, 0.4) is 0 Å². The third kappa shape index (κ3) is 4.94. The predicted octanol–water partition coefficient (Wildman–Crippen LogP) is 5.06. The number of benzene rings is 3. The van der Waals surface area contributed by atoms with E-state index >= 15 is 0 Å². The Morgan fingerprint density at radius 2 is 1.57 bits per heavy atom. The van der Waals surface area contributed by atoms with Gasteiger partial charge in [-0.15, -0.1) is 0 Å². The highest BCUT2D eigenvalue weighted by molar-refractivity contribution is 5.99. The number of hydrogen-bond acceptors (Lipinski definition) is 5. The van der Waals surface area contributed by atoms with Crippen LogP contribution in [0.5, 0.6) is 17.2 Å². The Hall–Kier alpha value is -4.00. The van der Waals surface area contributed by atoms with Gasteiger partial charge in [0.25, 0.3) is 5.91 Å². The van der Waals surface area contributed by atoms with Gasteiger partial charge in [-0.1, -0.05) is 24.3 Å². The van der Waals surface area contributed by atoms with Gasteiger partial charge in [0.15, 0.2) is 11.5 Å². The van der Waals surface area contributed by atoms with Gasteiger partial charge in [-0.25, -0.2) is 0 Å². The zero-order chi connectivity index (χ0) is 25.1. The fraction of sp³-hybridized carbons (Fsp3) is 0.286. The van der Waals surface area contributed by atoms with Crippen LogP contribution in [0.1, 0.15) is 45.1 Å². The molecule has 0 fully saturated rings. The fourth-order valence-corrected chi connectivity index (χ4v) is 4.66. The van der Waals surface area contributed by atoms with Gasteiger partial charge in [0, 0.05) is 17.8 Å². The predicted molar refractivity (Wildman–Crippen MR) is 134 cm³/mol. The summed E-state index contributed by atoms with van der Waals surface area (Å²) in [5.74, 6) is 1.07. The van der Waals surface area contributed by atoms with Crippen LogP contribution >= 0.6 is 0 Å². The normalized spacial score (nSPS) is 13.3. The monoisotopic (exact) mass is 474 g/mol. The van der Waals surface area contributed by atoms with Gasteiger partial charge in [-0.05, 0) is 66.4 Å². The summed E-state index contributed by atoms with van der Waals surface area (Å²) in [5, 5.41) is 3.00. The summed E-state index contributed by atoms with van der Waals surface area (Å²) in [7, 11) is 4.62. The molecule has 1 aliphatic rings. The number of methoxy groups -OCH3 is 3. The van der Waals surface area contributed by atoms with Gasteiger partial charge in [-0.3, -0.25) is 9.59 Å². The molecule has 3 aromatic carbocycles. The van der Waals surface area contributed by atoms with Gasteiger partial charge < -0.3 is 24.4 Å². The second kappa shape index (κ2) is 10.1. The Labute approximate surface area is 205 Å². The molecular formula is C28H30N2O5. The molecule has 1 aliphatic heterocycles. The third-order valence-electron chi connectivity index (χ3n) is 6.18. The maximum atomic E-state index is 13.4. The van der Waals surface area contributed by atoms with E-state index in [1.54, 1.807) is 31.3 Å². The Bertz CT molecular complexity index is 1220. The first kappa shape index (κ1) is 24.1. The summed E-state index contributed by atoms with van der Waals surface area (Å²) in [5.41, 5.74) is 5.16. The lowest BCUT2D eigenvalue weighted by atomic mass is 10.00. The molecule has 2 amide bonds. The Balaban J connectivity index is 1.72. The second-order valence-electron chi connectivity index (χ2n) is 8.69. The smallest absolute Gasteiger partial charge is 0.255 e. The number of amides is 2.